The molecule has 0 aliphatic carbocycles. The maximum absolute atomic E-state index is 10.2. The highest BCUT2D eigenvalue weighted by atomic mass is 16.7. The number of ether oxygens (including phenoxy) is 2. The summed E-state index contributed by atoms with van der Waals surface area (Å²) in [5.41, 5.74) is 1.45. The Hall–Kier alpha value is -1.52. The second-order valence-electron chi connectivity index (χ2n) is 3.22. The van der Waals surface area contributed by atoms with E-state index in [0.717, 1.165) is 5.56 Å². The van der Waals surface area contributed by atoms with Crippen LogP contribution in [0.3, 0.4) is 0 Å². The number of hydrogen-bond donors (Lipinski definition) is 0. The second kappa shape index (κ2) is 6.87. The third-order valence-corrected chi connectivity index (χ3v) is 2.16. The van der Waals surface area contributed by atoms with E-state index < -0.39 is 0 Å². The zero-order valence-electron chi connectivity index (χ0n) is 9.42. The lowest BCUT2D eigenvalue weighted by molar-refractivity contribution is -0.0985. The van der Waals surface area contributed by atoms with Crippen molar-refractivity contribution < 1.29 is 9.47 Å². The van der Waals surface area contributed by atoms with Crippen LogP contribution in [0.4, 0.5) is 5.69 Å². The Morgan fingerprint density at radius 3 is 2.38 bits per heavy atom. The van der Waals surface area contributed by atoms with Crippen molar-refractivity contribution in [1.82, 2.24) is 0 Å². The first-order valence-corrected chi connectivity index (χ1v) is 4.95. The van der Waals surface area contributed by atoms with Crippen molar-refractivity contribution in [2.75, 3.05) is 14.2 Å². The van der Waals surface area contributed by atoms with E-state index in [1.807, 2.05) is 24.3 Å². The van der Waals surface area contributed by atoms with Gasteiger partial charge in [-0.25, -0.2) is 0 Å². The summed E-state index contributed by atoms with van der Waals surface area (Å²) in [6.45, 7) is 0. The number of rotatable bonds is 6. The normalized spacial score (nSPS) is 11.2. The maximum Gasteiger partial charge on any atom is 0.160 e. The highest BCUT2D eigenvalue weighted by Crippen LogP contribution is 2.13. The molecule has 1 rings (SSSR count). The van der Waals surface area contributed by atoms with E-state index >= 15 is 0 Å². The Bertz CT molecular complexity index is 342. The van der Waals surface area contributed by atoms with E-state index in [4.69, 9.17) is 9.47 Å². The summed E-state index contributed by atoms with van der Waals surface area (Å²) < 4.78 is 10.1. The summed E-state index contributed by atoms with van der Waals surface area (Å²) in [7, 11) is 3.21. The van der Waals surface area contributed by atoms with Gasteiger partial charge in [0.2, 0.25) is 0 Å². The van der Waals surface area contributed by atoms with Crippen LogP contribution in [0.1, 0.15) is 12.0 Å². The van der Waals surface area contributed by atoms with E-state index in [2.05, 4.69) is 5.18 Å². The molecule has 86 valence electrons. The number of nitrogens with zero attached hydrogens (tertiary/aromatic N) is 1. The van der Waals surface area contributed by atoms with Gasteiger partial charge in [-0.1, -0.05) is 24.3 Å². The zero-order valence-corrected chi connectivity index (χ0v) is 9.42. The Morgan fingerprint density at radius 2 is 1.88 bits per heavy atom. The maximum atomic E-state index is 10.2. The molecule has 0 atom stereocenters. The minimum atomic E-state index is -0.216. The Morgan fingerprint density at radius 1 is 1.25 bits per heavy atom. The first kappa shape index (κ1) is 12.5. The SMILES string of the molecule is COC(C/C=C/c1ccc(N=O)cc1)OC. The quantitative estimate of drug-likeness (QED) is 0.547. The van der Waals surface area contributed by atoms with Gasteiger partial charge in [0.1, 0.15) is 5.69 Å². The fraction of sp³-hybridized carbons (Fsp3) is 0.333. The molecule has 4 nitrogen and oxygen atoms in total. The van der Waals surface area contributed by atoms with Gasteiger partial charge in [0, 0.05) is 20.6 Å². The lowest BCUT2D eigenvalue weighted by Gasteiger charge is -2.09. The second-order valence-corrected chi connectivity index (χ2v) is 3.22. The lowest BCUT2D eigenvalue weighted by atomic mass is 10.2. The minimum absolute atomic E-state index is 0.216. The number of hydrogen-bond acceptors (Lipinski definition) is 4. The molecule has 0 heterocycles. The van der Waals surface area contributed by atoms with Crippen molar-refractivity contribution >= 4 is 11.8 Å². The molecule has 1 aromatic carbocycles. The summed E-state index contributed by atoms with van der Waals surface area (Å²) in [5, 5.41) is 2.83. The Kier molecular flexibility index (Phi) is 5.39. The number of methoxy groups -OCH3 is 2. The molecule has 0 unspecified atom stereocenters. The molecule has 0 saturated heterocycles. The van der Waals surface area contributed by atoms with Gasteiger partial charge in [0.15, 0.2) is 6.29 Å². The molecule has 0 aromatic heterocycles. The van der Waals surface area contributed by atoms with Crippen LogP contribution < -0.4 is 0 Å². The molecule has 0 amide bonds. The molecular formula is C12H15NO3. The van der Waals surface area contributed by atoms with Gasteiger partial charge in [0.25, 0.3) is 0 Å². The van der Waals surface area contributed by atoms with Gasteiger partial charge in [-0.2, -0.15) is 0 Å². The standard InChI is InChI=1S/C12H15NO3/c1-15-12(16-2)5-3-4-10-6-8-11(13-14)9-7-10/h3-4,6-9,12H,5H2,1-2H3/b4-3+. The van der Waals surface area contributed by atoms with Gasteiger partial charge in [0.05, 0.1) is 0 Å². The van der Waals surface area contributed by atoms with Crippen LogP contribution in [0.5, 0.6) is 0 Å². The fourth-order valence-electron chi connectivity index (χ4n) is 1.25. The summed E-state index contributed by atoms with van der Waals surface area (Å²) in [6, 6.07) is 7.03. The average Bonchev–Trinajstić information content (AvgIpc) is 2.35. The van der Waals surface area contributed by atoms with E-state index in [-0.39, 0.29) is 6.29 Å². The molecule has 0 radical (unpaired) electrons. The number of nitroso groups, excluding NO2 is 1. The highest BCUT2D eigenvalue weighted by molar-refractivity contribution is 5.52. The van der Waals surface area contributed by atoms with Crippen molar-refractivity contribution in [3.63, 3.8) is 0 Å². The molecule has 0 aliphatic rings. The van der Waals surface area contributed by atoms with Gasteiger partial charge in [-0.05, 0) is 22.9 Å². The smallest absolute Gasteiger partial charge is 0.160 e. The van der Waals surface area contributed by atoms with Crippen LogP contribution in [-0.4, -0.2) is 20.5 Å². The van der Waals surface area contributed by atoms with Gasteiger partial charge >= 0.3 is 0 Å². The molecule has 16 heavy (non-hydrogen) atoms. The number of benzene rings is 1. The summed E-state index contributed by atoms with van der Waals surface area (Å²) in [6.07, 6.45) is 4.37. The van der Waals surface area contributed by atoms with Crippen molar-refractivity contribution in [3.05, 3.63) is 40.8 Å². The average molecular weight is 221 g/mol. The van der Waals surface area contributed by atoms with Crippen molar-refractivity contribution in [2.45, 2.75) is 12.7 Å². The van der Waals surface area contributed by atoms with Crippen LogP contribution >= 0.6 is 0 Å². The van der Waals surface area contributed by atoms with Crippen LogP contribution in [0.2, 0.25) is 0 Å². The van der Waals surface area contributed by atoms with Crippen molar-refractivity contribution in [2.24, 2.45) is 5.18 Å². The monoisotopic (exact) mass is 221 g/mol. The molecule has 0 spiro atoms. The lowest BCUT2D eigenvalue weighted by Crippen LogP contribution is -2.10. The summed E-state index contributed by atoms with van der Waals surface area (Å²) >= 11 is 0. The van der Waals surface area contributed by atoms with Crippen LogP contribution in [0, 0.1) is 4.91 Å². The molecule has 0 N–H and O–H groups in total. The molecular weight excluding hydrogens is 206 g/mol. The van der Waals surface area contributed by atoms with Crippen LogP contribution in [0.25, 0.3) is 6.08 Å². The Labute approximate surface area is 94.9 Å². The van der Waals surface area contributed by atoms with Crippen molar-refractivity contribution in [1.29, 1.82) is 0 Å². The largest absolute Gasteiger partial charge is 0.356 e. The van der Waals surface area contributed by atoms with E-state index in [1.165, 1.54) is 0 Å². The Balaban J connectivity index is 2.52. The summed E-state index contributed by atoms with van der Waals surface area (Å²) in [4.78, 5) is 10.2. The van der Waals surface area contributed by atoms with E-state index in [9.17, 15) is 4.91 Å². The fourth-order valence-corrected chi connectivity index (χ4v) is 1.25. The third-order valence-electron chi connectivity index (χ3n) is 2.16. The van der Waals surface area contributed by atoms with Gasteiger partial charge in [-0.15, -0.1) is 4.91 Å². The zero-order chi connectivity index (χ0) is 11.8. The van der Waals surface area contributed by atoms with Gasteiger partial charge < -0.3 is 9.47 Å². The van der Waals surface area contributed by atoms with Gasteiger partial charge in [-0.3, -0.25) is 0 Å². The molecule has 4 heteroatoms. The minimum Gasteiger partial charge on any atom is -0.356 e. The predicted octanol–water partition coefficient (Wildman–Crippen LogP) is 3.11. The molecule has 0 bridgehead atoms. The topological polar surface area (TPSA) is 47.9 Å². The first-order chi connectivity index (χ1) is 7.80. The molecule has 0 aliphatic heterocycles. The van der Waals surface area contributed by atoms with Crippen LogP contribution in [-0.2, 0) is 9.47 Å². The predicted molar refractivity (Wildman–Crippen MR) is 63.4 cm³/mol. The molecule has 0 saturated carbocycles. The van der Waals surface area contributed by atoms with Crippen molar-refractivity contribution in [3.8, 4) is 0 Å². The van der Waals surface area contributed by atoms with E-state index in [1.54, 1.807) is 26.4 Å². The van der Waals surface area contributed by atoms with Crippen LogP contribution in [0.15, 0.2) is 35.5 Å². The summed E-state index contributed by atoms with van der Waals surface area (Å²) in [5.74, 6) is 0. The molecule has 1 aromatic rings. The highest BCUT2D eigenvalue weighted by Gasteiger charge is 2.00. The molecule has 0 fully saturated rings. The third kappa shape index (κ3) is 3.92. The van der Waals surface area contributed by atoms with E-state index in [0.29, 0.717) is 12.1 Å². The first-order valence-electron chi connectivity index (χ1n) is 4.95.